The van der Waals surface area contributed by atoms with E-state index in [4.69, 9.17) is 4.74 Å². The lowest BCUT2D eigenvalue weighted by atomic mass is 10.2. The summed E-state index contributed by atoms with van der Waals surface area (Å²) in [6, 6.07) is 0. The summed E-state index contributed by atoms with van der Waals surface area (Å²) in [6.07, 6.45) is 0.655. The van der Waals surface area contributed by atoms with E-state index in [2.05, 4.69) is 9.97 Å². The number of epoxide rings is 1. The summed E-state index contributed by atoms with van der Waals surface area (Å²) in [5.74, 6) is 0.565. The highest BCUT2D eigenvalue weighted by Gasteiger charge is 2.28. The van der Waals surface area contributed by atoms with Gasteiger partial charge < -0.3 is 14.9 Å². The highest BCUT2D eigenvalue weighted by atomic mass is 16.6. The first-order valence-electron chi connectivity index (χ1n) is 3.98. The second-order valence-corrected chi connectivity index (χ2v) is 3.03. The van der Waals surface area contributed by atoms with E-state index in [0.29, 0.717) is 24.5 Å². The quantitative estimate of drug-likeness (QED) is 0.421. The van der Waals surface area contributed by atoms with Crippen LogP contribution in [0.25, 0.3) is 0 Å². The monoisotopic (exact) mass is 183 g/mol. The Kier molecular flexibility index (Phi) is 1.77. The van der Waals surface area contributed by atoms with Crippen molar-refractivity contribution in [3.05, 3.63) is 21.6 Å². The molecule has 6 heteroatoms. The van der Waals surface area contributed by atoms with Crippen LogP contribution >= 0.6 is 0 Å². The van der Waals surface area contributed by atoms with Crippen LogP contribution in [0, 0.1) is 17.0 Å². The van der Waals surface area contributed by atoms with Gasteiger partial charge in [-0.3, -0.25) is 0 Å². The molecule has 2 rings (SSSR count). The lowest BCUT2D eigenvalue weighted by Crippen LogP contribution is -1.98. The van der Waals surface area contributed by atoms with Crippen LogP contribution in [0.15, 0.2) is 0 Å². The molecule has 1 aromatic rings. The zero-order chi connectivity index (χ0) is 9.42. The molecular formula is C7H9N3O3. The number of aromatic nitrogens is 2. The van der Waals surface area contributed by atoms with Gasteiger partial charge in [-0.2, -0.15) is 0 Å². The number of nitrogens with one attached hydrogen (secondary N) is 1. The molecular weight excluding hydrogens is 174 g/mol. The lowest BCUT2D eigenvalue weighted by molar-refractivity contribution is -0.390. The maximum Gasteiger partial charge on any atom is 0.343 e. The number of H-pyrrole nitrogens is 1. The van der Waals surface area contributed by atoms with Gasteiger partial charge in [-0.25, -0.2) is 9.97 Å². The Bertz CT molecular complexity index is 343. The fourth-order valence-corrected chi connectivity index (χ4v) is 1.22. The molecule has 6 nitrogen and oxygen atoms in total. The van der Waals surface area contributed by atoms with Crippen LogP contribution in [0.5, 0.6) is 0 Å². The third-order valence-corrected chi connectivity index (χ3v) is 1.88. The van der Waals surface area contributed by atoms with Gasteiger partial charge in [0, 0.05) is 13.3 Å². The van der Waals surface area contributed by atoms with E-state index < -0.39 is 4.92 Å². The first-order chi connectivity index (χ1) is 6.16. The number of rotatable bonds is 3. The number of imidazole rings is 1. The fraction of sp³-hybridized carbons (Fsp3) is 0.571. The Morgan fingerprint density at radius 3 is 3.08 bits per heavy atom. The van der Waals surface area contributed by atoms with Gasteiger partial charge in [0.05, 0.1) is 12.7 Å². The minimum atomic E-state index is -0.447. The first-order valence-corrected chi connectivity index (χ1v) is 3.98. The SMILES string of the molecule is Cc1nc(CC2CO2)c([N+](=O)[O-])[nH]1. The standard InChI is InChI=1S/C7H9N3O3/c1-4-8-6(2-5-3-13-5)7(9-4)10(11)12/h5H,2-3H2,1H3,(H,8,9). The molecule has 70 valence electrons. The van der Waals surface area contributed by atoms with Crippen molar-refractivity contribution in [2.45, 2.75) is 19.4 Å². The minimum Gasteiger partial charge on any atom is -0.373 e. The number of hydrogen-bond acceptors (Lipinski definition) is 4. The van der Waals surface area contributed by atoms with Gasteiger partial charge in [0.1, 0.15) is 5.69 Å². The van der Waals surface area contributed by atoms with E-state index >= 15 is 0 Å². The molecule has 1 N–H and O–H groups in total. The number of nitro groups is 1. The van der Waals surface area contributed by atoms with Crippen LogP contribution in [0.1, 0.15) is 11.5 Å². The predicted octanol–water partition coefficient (Wildman–Crippen LogP) is 0.568. The molecule has 1 aliphatic rings. The maximum atomic E-state index is 10.5. The zero-order valence-electron chi connectivity index (χ0n) is 7.11. The van der Waals surface area contributed by atoms with E-state index in [1.54, 1.807) is 6.92 Å². The van der Waals surface area contributed by atoms with E-state index in [1.165, 1.54) is 0 Å². The summed E-state index contributed by atoms with van der Waals surface area (Å²) >= 11 is 0. The van der Waals surface area contributed by atoms with Crippen molar-refractivity contribution < 1.29 is 9.66 Å². The van der Waals surface area contributed by atoms with Gasteiger partial charge in [-0.1, -0.05) is 0 Å². The van der Waals surface area contributed by atoms with Crippen LogP contribution in [0.2, 0.25) is 0 Å². The molecule has 1 aromatic heterocycles. The zero-order valence-corrected chi connectivity index (χ0v) is 7.11. The number of ether oxygens (including phenoxy) is 1. The normalized spacial score (nSPS) is 20.2. The molecule has 1 fully saturated rings. The van der Waals surface area contributed by atoms with Gasteiger partial charge >= 0.3 is 5.82 Å². The Hall–Kier alpha value is -1.43. The maximum absolute atomic E-state index is 10.5. The summed E-state index contributed by atoms with van der Waals surface area (Å²) < 4.78 is 4.98. The summed E-state index contributed by atoms with van der Waals surface area (Å²) in [4.78, 5) is 16.7. The lowest BCUT2D eigenvalue weighted by Gasteiger charge is -1.92. The van der Waals surface area contributed by atoms with Crippen molar-refractivity contribution in [2.75, 3.05) is 6.61 Å². The predicted molar refractivity (Wildman–Crippen MR) is 43.4 cm³/mol. The van der Waals surface area contributed by atoms with Crippen molar-refractivity contribution in [2.24, 2.45) is 0 Å². The van der Waals surface area contributed by atoms with Gasteiger partial charge in [-0.05, 0) is 4.92 Å². The van der Waals surface area contributed by atoms with Crippen molar-refractivity contribution in [1.82, 2.24) is 9.97 Å². The molecule has 1 aliphatic heterocycles. The van der Waals surface area contributed by atoms with Crippen LogP contribution in [0.4, 0.5) is 5.82 Å². The van der Waals surface area contributed by atoms with Crippen LogP contribution in [-0.4, -0.2) is 27.6 Å². The van der Waals surface area contributed by atoms with Crippen molar-refractivity contribution in [1.29, 1.82) is 0 Å². The molecule has 1 atom stereocenters. The van der Waals surface area contributed by atoms with E-state index in [0.717, 1.165) is 0 Å². The minimum absolute atomic E-state index is 0.00648. The summed E-state index contributed by atoms with van der Waals surface area (Å²) in [5.41, 5.74) is 0.491. The van der Waals surface area contributed by atoms with E-state index in [1.807, 2.05) is 0 Å². The van der Waals surface area contributed by atoms with Gasteiger partial charge in [-0.15, -0.1) is 0 Å². The number of hydrogen-bond donors (Lipinski definition) is 1. The summed E-state index contributed by atoms with van der Waals surface area (Å²) in [5, 5.41) is 10.5. The molecule has 0 bridgehead atoms. The summed E-state index contributed by atoms with van der Waals surface area (Å²) in [7, 11) is 0. The molecule has 0 saturated carbocycles. The third-order valence-electron chi connectivity index (χ3n) is 1.88. The highest BCUT2D eigenvalue weighted by Crippen LogP contribution is 2.21. The Morgan fingerprint density at radius 1 is 1.85 bits per heavy atom. The molecule has 0 amide bonds. The van der Waals surface area contributed by atoms with Gasteiger partial charge in [0.25, 0.3) is 0 Å². The van der Waals surface area contributed by atoms with Gasteiger partial charge in [0.15, 0.2) is 5.82 Å². The van der Waals surface area contributed by atoms with E-state index in [9.17, 15) is 10.1 Å². The number of aromatic amines is 1. The van der Waals surface area contributed by atoms with E-state index in [-0.39, 0.29) is 11.9 Å². The molecule has 0 spiro atoms. The molecule has 1 saturated heterocycles. The average Bonchev–Trinajstić information content (AvgIpc) is 2.75. The first kappa shape index (κ1) is 8.18. The number of nitrogens with zero attached hydrogens (tertiary/aromatic N) is 2. The van der Waals surface area contributed by atoms with Crippen LogP contribution in [0.3, 0.4) is 0 Å². The Balaban J connectivity index is 2.24. The van der Waals surface area contributed by atoms with Crippen molar-refractivity contribution >= 4 is 5.82 Å². The molecule has 1 unspecified atom stereocenters. The smallest absolute Gasteiger partial charge is 0.343 e. The Labute approximate surface area is 74.1 Å². The fourth-order valence-electron chi connectivity index (χ4n) is 1.22. The molecule has 0 radical (unpaired) electrons. The van der Waals surface area contributed by atoms with Gasteiger partial charge in [0.2, 0.25) is 0 Å². The summed E-state index contributed by atoms with van der Waals surface area (Å²) in [6.45, 7) is 2.38. The topological polar surface area (TPSA) is 84.3 Å². The molecule has 13 heavy (non-hydrogen) atoms. The largest absolute Gasteiger partial charge is 0.373 e. The second-order valence-electron chi connectivity index (χ2n) is 3.03. The third kappa shape index (κ3) is 1.67. The van der Waals surface area contributed by atoms with Crippen LogP contribution < -0.4 is 0 Å². The number of aryl methyl sites for hydroxylation is 1. The van der Waals surface area contributed by atoms with Crippen molar-refractivity contribution in [3.63, 3.8) is 0 Å². The molecule has 2 heterocycles. The Morgan fingerprint density at radius 2 is 2.54 bits per heavy atom. The molecule has 0 aromatic carbocycles. The molecule has 0 aliphatic carbocycles. The average molecular weight is 183 g/mol. The highest BCUT2D eigenvalue weighted by molar-refractivity contribution is 5.28. The van der Waals surface area contributed by atoms with Crippen molar-refractivity contribution in [3.8, 4) is 0 Å². The second kappa shape index (κ2) is 2.81. The van der Waals surface area contributed by atoms with Crippen LogP contribution in [-0.2, 0) is 11.2 Å².